The second-order valence-electron chi connectivity index (χ2n) is 8.25. The van der Waals surface area contributed by atoms with Gasteiger partial charge in [-0.25, -0.2) is 0 Å². The van der Waals surface area contributed by atoms with Crippen LogP contribution in [0.3, 0.4) is 0 Å². The Balaban J connectivity index is 1.40. The highest BCUT2D eigenvalue weighted by Crippen LogP contribution is 2.16. The standard InChI is InChI=1S/C27H28N4O/c1-21-5-9-25(18-24(21)10-6-22-4-3-13-28-19-22)27(32)29-26-11-7-23(8-12-26)20-31-16-14-30(2)15-17-31/h3-5,7-9,11-13,18-19H,14-17,20H2,1-2H3,(H,29,32). The smallest absolute Gasteiger partial charge is 0.255 e. The van der Waals surface area contributed by atoms with E-state index in [2.05, 4.69) is 51.1 Å². The van der Waals surface area contributed by atoms with E-state index in [4.69, 9.17) is 0 Å². The third-order valence-electron chi connectivity index (χ3n) is 5.72. The van der Waals surface area contributed by atoms with Crippen LogP contribution in [0, 0.1) is 18.8 Å². The first kappa shape index (κ1) is 21.8. The second-order valence-corrected chi connectivity index (χ2v) is 8.25. The summed E-state index contributed by atoms with van der Waals surface area (Å²) in [7, 11) is 2.17. The summed E-state index contributed by atoms with van der Waals surface area (Å²) in [5.41, 5.74) is 5.36. The molecule has 1 aliphatic rings. The normalized spacial score (nSPS) is 14.4. The van der Waals surface area contributed by atoms with Gasteiger partial charge in [-0.15, -0.1) is 0 Å². The molecule has 2 heterocycles. The number of hydrogen-bond acceptors (Lipinski definition) is 4. The van der Waals surface area contributed by atoms with Gasteiger partial charge in [0.1, 0.15) is 0 Å². The number of carbonyl (C=O) groups excluding carboxylic acids is 1. The van der Waals surface area contributed by atoms with Crippen molar-refractivity contribution in [1.29, 1.82) is 0 Å². The van der Waals surface area contributed by atoms with Crippen LogP contribution in [0.4, 0.5) is 5.69 Å². The average Bonchev–Trinajstić information content (AvgIpc) is 2.82. The van der Waals surface area contributed by atoms with Gasteiger partial charge in [0.05, 0.1) is 0 Å². The van der Waals surface area contributed by atoms with E-state index < -0.39 is 0 Å². The molecule has 1 fully saturated rings. The number of rotatable bonds is 4. The van der Waals surface area contributed by atoms with E-state index in [-0.39, 0.29) is 5.91 Å². The summed E-state index contributed by atoms with van der Waals surface area (Å²) in [5, 5.41) is 3.00. The van der Waals surface area contributed by atoms with Gasteiger partial charge in [0.2, 0.25) is 0 Å². The third kappa shape index (κ3) is 5.82. The fourth-order valence-corrected chi connectivity index (χ4v) is 3.64. The lowest BCUT2D eigenvalue weighted by atomic mass is 10.0. The molecule has 5 nitrogen and oxygen atoms in total. The number of nitrogens with zero attached hydrogens (tertiary/aromatic N) is 3. The van der Waals surface area contributed by atoms with Crippen LogP contribution in [0.5, 0.6) is 0 Å². The summed E-state index contributed by atoms with van der Waals surface area (Å²) >= 11 is 0. The number of aromatic nitrogens is 1. The van der Waals surface area contributed by atoms with Gasteiger partial charge in [-0.2, -0.15) is 0 Å². The Morgan fingerprint density at radius 2 is 1.81 bits per heavy atom. The monoisotopic (exact) mass is 424 g/mol. The second kappa shape index (κ2) is 10.2. The lowest BCUT2D eigenvalue weighted by Crippen LogP contribution is -2.43. The predicted molar refractivity (Wildman–Crippen MR) is 129 cm³/mol. The van der Waals surface area contributed by atoms with Gasteiger partial charge >= 0.3 is 0 Å². The molecule has 32 heavy (non-hydrogen) atoms. The Labute approximate surface area is 190 Å². The molecule has 1 aromatic heterocycles. The van der Waals surface area contributed by atoms with Crippen LogP contribution in [0.15, 0.2) is 67.0 Å². The number of pyridine rings is 1. The maximum atomic E-state index is 12.8. The fourth-order valence-electron chi connectivity index (χ4n) is 3.64. The van der Waals surface area contributed by atoms with E-state index in [1.165, 1.54) is 5.56 Å². The quantitative estimate of drug-likeness (QED) is 0.648. The molecular weight excluding hydrogens is 396 g/mol. The van der Waals surface area contributed by atoms with Crippen molar-refractivity contribution in [3.8, 4) is 11.8 Å². The van der Waals surface area contributed by atoms with Gasteiger partial charge in [-0.05, 0) is 61.5 Å². The van der Waals surface area contributed by atoms with Crippen LogP contribution in [0.25, 0.3) is 0 Å². The Kier molecular flexibility index (Phi) is 6.96. The highest BCUT2D eigenvalue weighted by atomic mass is 16.1. The van der Waals surface area contributed by atoms with Crippen LogP contribution in [-0.2, 0) is 6.54 Å². The van der Waals surface area contributed by atoms with Crippen LogP contribution in [-0.4, -0.2) is 53.9 Å². The SMILES string of the molecule is Cc1ccc(C(=O)Nc2ccc(CN3CCN(C)CC3)cc2)cc1C#Cc1cccnc1. The molecule has 1 saturated heterocycles. The maximum absolute atomic E-state index is 12.8. The Bertz CT molecular complexity index is 1120. The van der Waals surface area contributed by atoms with E-state index in [0.29, 0.717) is 5.56 Å². The molecular formula is C27H28N4O. The lowest BCUT2D eigenvalue weighted by molar-refractivity contribution is 0.102. The minimum atomic E-state index is -0.138. The number of likely N-dealkylation sites (N-methyl/N-ethyl adjacent to an activating group) is 1. The minimum Gasteiger partial charge on any atom is -0.322 e. The van der Waals surface area contributed by atoms with Gasteiger partial charge in [0, 0.05) is 67.5 Å². The van der Waals surface area contributed by atoms with Gasteiger partial charge < -0.3 is 10.2 Å². The number of aryl methyl sites for hydroxylation is 1. The summed E-state index contributed by atoms with van der Waals surface area (Å²) in [4.78, 5) is 21.7. The largest absolute Gasteiger partial charge is 0.322 e. The molecule has 2 aromatic carbocycles. The van der Waals surface area contributed by atoms with E-state index in [9.17, 15) is 4.79 Å². The summed E-state index contributed by atoms with van der Waals surface area (Å²) in [6.07, 6.45) is 3.45. The van der Waals surface area contributed by atoms with Crippen LogP contribution < -0.4 is 5.32 Å². The Morgan fingerprint density at radius 3 is 2.53 bits per heavy atom. The Morgan fingerprint density at radius 1 is 1.03 bits per heavy atom. The molecule has 0 bridgehead atoms. The molecule has 0 unspecified atom stereocenters. The van der Waals surface area contributed by atoms with Crippen LogP contribution in [0.1, 0.15) is 32.6 Å². The molecule has 0 spiro atoms. The van der Waals surface area contributed by atoms with Crippen molar-refractivity contribution >= 4 is 11.6 Å². The first-order chi connectivity index (χ1) is 15.6. The van der Waals surface area contributed by atoms with Crippen molar-refractivity contribution in [3.63, 3.8) is 0 Å². The van der Waals surface area contributed by atoms with Crippen LogP contribution in [0.2, 0.25) is 0 Å². The highest BCUT2D eigenvalue weighted by Gasteiger charge is 2.14. The summed E-state index contributed by atoms with van der Waals surface area (Å²) < 4.78 is 0. The zero-order valence-corrected chi connectivity index (χ0v) is 18.6. The molecule has 1 N–H and O–H groups in total. The van der Waals surface area contributed by atoms with Crippen LogP contribution >= 0.6 is 0 Å². The number of piperazine rings is 1. The van der Waals surface area contributed by atoms with Gasteiger partial charge in [0.25, 0.3) is 5.91 Å². The van der Waals surface area contributed by atoms with Crippen molar-refractivity contribution in [2.75, 3.05) is 38.5 Å². The van der Waals surface area contributed by atoms with E-state index in [1.807, 2.05) is 49.4 Å². The zero-order valence-electron chi connectivity index (χ0n) is 18.6. The fraction of sp³-hybridized carbons (Fsp3) is 0.259. The number of nitrogens with one attached hydrogen (secondary N) is 1. The topological polar surface area (TPSA) is 48.5 Å². The number of hydrogen-bond donors (Lipinski definition) is 1. The van der Waals surface area contributed by atoms with Crippen molar-refractivity contribution < 1.29 is 4.79 Å². The van der Waals surface area contributed by atoms with Gasteiger partial charge in [0.15, 0.2) is 0 Å². The molecule has 1 amide bonds. The van der Waals surface area contributed by atoms with Gasteiger partial charge in [-0.1, -0.05) is 30.0 Å². The summed E-state index contributed by atoms with van der Waals surface area (Å²) in [6, 6.07) is 17.5. The summed E-state index contributed by atoms with van der Waals surface area (Å²) in [5.74, 6) is 6.13. The number of carbonyl (C=O) groups is 1. The van der Waals surface area contributed by atoms with E-state index in [1.54, 1.807) is 12.4 Å². The Hall–Kier alpha value is -3.46. The average molecular weight is 425 g/mol. The highest BCUT2D eigenvalue weighted by molar-refractivity contribution is 6.04. The number of anilines is 1. The molecule has 1 aliphatic heterocycles. The molecule has 0 aliphatic carbocycles. The maximum Gasteiger partial charge on any atom is 0.255 e. The predicted octanol–water partition coefficient (Wildman–Crippen LogP) is 3.79. The minimum absolute atomic E-state index is 0.138. The molecule has 0 radical (unpaired) electrons. The van der Waals surface area contributed by atoms with E-state index in [0.717, 1.165) is 55.1 Å². The summed E-state index contributed by atoms with van der Waals surface area (Å²) in [6.45, 7) is 7.34. The number of amides is 1. The van der Waals surface area contributed by atoms with Crippen molar-refractivity contribution in [2.45, 2.75) is 13.5 Å². The molecule has 3 aromatic rings. The number of benzene rings is 2. The first-order valence-electron chi connectivity index (χ1n) is 10.9. The molecule has 4 rings (SSSR count). The molecule has 5 heteroatoms. The molecule has 0 atom stereocenters. The van der Waals surface area contributed by atoms with Crippen molar-refractivity contribution in [1.82, 2.24) is 14.8 Å². The molecule has 162 valence electrons. The zero-order chi connectivity index (χ0) is 22.3. The van der Waals surface area contributed by atoms with Crippen molar-refractivity contribution in [3.05, 3.63) is 94.8 Å². The van der Waals surface area contributed by atoms with E-state index >= 15 is 0 Å². The van der Waals surface area contributed by atoms with Gasteiger partial charge in [-0.3, -0.25) is 14.7 Å². The lowest BCUT2D eigenvalue weighted by Gasteiger charge is -2.32. The third-order valence-corrected chi connectivity index (χ3v) is 5.72. The van der Waals surface area contributed by atoms with Crippen molar-refractivity contribution in [2.24, 2.45) is 0 Å². The first-order valence-corrected chi connectivity index (χ1v) is 10.9. The molecule has 0 saturated carbocycles.